The number of hydrogen-bond donors (Lipinski definition) is 1. The maximum absolute atomic E-state index is 12.9. The number of Topliss-reactive ketones (excluding diaryl/α,β-unsaturated/α-hetero) is 1. The van der Waals surface area contributed by atoms with Crippen LogP contribution in [0.2, 0.25) is 0 Å². The van der Waals surface area contributed by atoms with E-state index in [9.17, 15) is 14.7 Å². The molecule has 3 rings (SSSR count). The Bertz CT molecular complexity index is 956. The molecule has 0 aliphatic carbocycles. The van der Waals surface area contributed by atoms with Crippen LogP contribution in [0.3, 0.4) is 0 Å². The van der Waals surface area contributed by atoms with Gasteiger partial charge in [-0.05, 0) is 43.5 Å². The number of aliphatic hydroxyl groups excluding tert-OH is 1. The number of amides is 1. The summed E-state index contributed by atoms with van der Waals surface area (Å²) >= 11 is 0. The molecule has 6 heteroatoms. The van der Waals surface area contributed by atoms with E-state index in [4.69, 9.17) is 9.15 Å². The Hall–Kier alpha value is -3.02. The van der Waals surface area contributed by atoms with E-state index < -0.39 is 17.7 Å². The van der Waals surface area contributed by atoms with Gasteiger partial charge in [0.1, 0.15) is 29.1 Å². The molecule has 1 fully saturated rings. The van der Waals surface area contributed by atoms with E-state index in [0.717, 1.165) is 12.8 Å². The minimum atomic E-state index is -0.745. The second-order valence-electron chi connectivity index (χ2n) is 8.03. The van der Waals surface area contributed by atoms with Crippen LogP contribution in [-0.4, -0.2) is 34.8 Å². The quantitative estimate of drug-likeness (QED) is 0.382. The number of aliphatic hydroxyl groups is 1. The highest BCUT2D eigenvalue weighted by Gasteiger charge is 2.47. The summed E-state index contributed by atoms with van der Waals surface area (Å²) in [6.45, 7) is 8.87. The molecule has 0 bridgehead atoms. The summed E-state index contributed by atoms with van der Waals surface area (Å²) in [5.41, 5.74) is 0.476. The Labute approximate surface area is 177 Å². The molecule has 1 saturated heterocycles. The van der Waals surface area contributed by atoms with Gasteiger partial charge >= 0.3 is 0 Å². The molecule has 1 atom stereocenters. The van der Waals surface area contributed by atoms with Crippen molar-refractivity contribution in [2.75, 3.05) is 13.2 Å². The zero-order valence-corrected chi connectivity index (χ0v) is 18.0. The Morgan fingerprint density at radius 1 is 1.23 bits per heavy atom. The number of aryl methyl sites for hydroxylation is 1. The lowest BCUT2D eigenvalue weighted by molar-refractivity contribution is -0.140. The van der Waals surface area contributed by atoms with Crippen LogP contribution >= 0.6 is 0 Å². The maximum Gasteiger partial charge on any atom is 0.295 e. The number of nitrogens with zero attached hydrogens (tertiary/aromatic N) is 1. The van der Waals surface area contributed by atoms with E-state index >= 15 is 0 Å². The molecule has 0 saturated carbocycles. The van der Waals surface area contributed by atoms with Crippen LogP contribution in [0.1, 0.15) is 56.7 Å². The molecule has 1 amide bonds. The maximum atomic E-state index is 12.9. The first-order valence-electron chi connectivity index (χ1n) is 10.4. The van der Waals surface area contributed by atoms with Gasteiger partial charge in [-0.15, -0.1) is 0 Å². The number of ketones is 1. The monoisotopic (exact) mass is 411 g/mol. The minimum Gasteiger partial charge on any atom is -0.507 e. The first-order chi connectivity index (χ1) is 14.3. The number of carbonyl (C=O) groups excluding carboxylic acids is 2. The van der Waals surface area contributed by atoms with Crippen molar-refractivity contribution in [1.82, 2.24) is 4.90 Å². The van der Waals surface area contributed by atoms with Gasteiger partial charge in [-0.3, -0.25) is 9.59 Å². The lowest BCUT2D eigenvalue weighted by atomic mass is 9.99. The molecule has 1 N–H and O–H groups in total. The van der Waals surface area contributed by atoms with Gasteiger partial charge in [0.15, 0.2) is 0 Å². The van der Waals surface area contributed by atoms with Crippen molar-refractivity contribution in [2.24, 2.45) is 5.92 Å². The normalized spacial score (nSPS) is 18.4. The van der Waals surface area contributed by atoms with E-state index in [1.54, 1.807) is 43.3 Å². The van der Waals surface area contributed by atoms with Crippen LogP contribution in [0, 0.1) is 12.8 Å². The molecule has 160 valence electrons. The highest BCUT2D eigenvalue weighted by molar-refractivity contribution is 6.46. The number of furan rings is 1. The molecule has 1 unspecified atom stereocenters. The van der Waals surface area contributed by atoms with Crippen LogP contribution in [0.15, 0.2) is 46.4 Å². The molecule has 2 aromatic rings. The van der Waals surface area contributed by atoms with E-state index in [0.29, 0.717) is 41.9 Å². The summed E-state index contributed by atoms with van der Waals surface area (Å²) in [6, 6.07) is 9.72. The van der Waals surface area contributed by atoms with Crippen molar-refractivity contribution in [1.29, 1.82) is 0 Å². The number of benzene rings is 1. The van der Waals surface area contributed by atoms with Crippen molar-refractivity contribution in [3.05, 3.63) is 59.1 Å². The molecular formula is C24H29NO5. The number of ether oxygens (including phenoxy) is 1. The van der Waals surface area contributed by atoms with Crippen LogP contribution < -0.4 is 4.74 Å². The molecule has 6 nitrogen and oxygen atoms in total. The van der Waals surface area contributed by atoms with Gasteiger partial charge in [0.2, 0.25) is 0 Å². The molecule has 1 aromatic carbocycles. The van der Waals surface area contributed by atoms with Crippen molar-refractivity contribution in [2.45, 2.75) is 46.6 Å². The Morgan fingerprint density at radius 3 is 2.63 bits per heavy atom. The molecule has 0 spiro atoms. The number of hydrogen-bond acceptors (Lipinski definition) is 5. The zero-order valence-electron chi connectivity index (χ0n) is 18.0. The van der Waals surface area contributed by atoms with Crippen molar-refractivity contribution in [3.63, 3.8) is 0 Å². The molecule has 1 aliphatic heterocycles. The summed E-state index contributed by atoms with van der Waals surface area (Å²) in [6.07, 6.45) is 1.63. The van der Waals surface area contributed by atoms with Gasteiger partial charge in [-0.1, -0.05) is 39.3 Å². The van der Waals surface area contributed by atoms with Gasteiger partial charge in [0.25, 0.3) is 11.7 Å². The van der Waals surface area contributed by atoms with Crippen LogP contribution in [0.4, 0.5) is 0 Å². The fourth-order valence-electron chi connectivity index (χ4n) is 3.49. The molecule has 1 aliphatic rings. The second kappa shape index (κ2) is 9.20. The molecule has 2 heterocycles. The summed E-state index contributed by atoms with van der Waals surface area (Å²) < 4.78 is 11.5. The number of rotatable bonds is 8. The predicted octanol–water partition coefficient (Wildman–Crippen LogP) is 4.84. The fourth-order valence-corrected chi connectivity index (χ4v) is 3.49. The van der Waals surface area contributed by atoms with E-state index in [1.165, 1.54) is 4.90 Å². The highest BCUT2D eigenvalue weighted by atomic mass is 16.5. The molecule has 30 heavy (non-hydrogen) atoms. The first-order valence-corrected chi connectivity index (χ1v) is 10.4. The van der Waals surface area contributed by atoms with Crippen molar-refractivity contribution in [3.8, 4) is 5.75 Å². The largest absolute Gasteiger partial charge is 0.507 e. The molecule has 0 radical (unpaired) electrons. The van der Waals surface area contributed by atoms with Crippen LogP contribution in [0.25, 0.3) is 5.76 Å². The fraction of sp³-hybridized carbons (Fsp3) is 0.417. The average Bonchev–Trinajstić information content (AvgIpc) is 3.26. The number of carbonyl (C=O) groups is 2. The van der Waals surface area contributed by atoms with E-state index in [1.807, 2.05) is 20.8 Å². The van der Waals surface area contributed by atoms with Gasteiger partial charge in [-0.25, -0.2) is 0 Å². The Morgan fingerprint density at radius 2 is 2.00 bits per heavy atom. The van der Waals surface area contributed by atoms with Gasteiger partial charge < -0.3 is 19.2 Å². The Kier molecular flexibility index (Phi) is 6.65. The van der Waals surface area contributed by atoms with Crippen molar-refractivity contribution < 1.29 is 23.8 Å². The summed E-state index contributed by atoms with van der Waals surface area (Å²) in [5, 5.41) is 11.1. The highest BCUT2D eigenvalue weighted by Crippen LogP contribution is 2.40. The van der Waals surface area contributed by atoms with E-state index in [2.05, 4.69) is 0 Å². The molecule has 1 aromatic heterocycles. The predicted molar refractivity (Wildman–Crippen MR) is 114 cm³/mol. The molecular weight excluding hydrogens is 382 g/mol. The number of likely N-dealkylation sites (tertiary alicyclic amines) is 1. The average molecular weight is 411 g/mol. The second-order valence-corrected chi connectivity index (χ2v) is 8.03. The topological polar surface area (TPSA) is 80.0 Å². The van der Waals surface area contributed by atoms with Crippen LogP contribution in [0.5, 0.6) is 5.75 Å². The van der Waals surface area contributed by atoms with Crippen molar-refractivity contribution >= 4 is 17.4 Å². The first kappa shape index (κ1) is 21.7. The van der Waals surface area contributed by atoms with E-state index in [-0.39, 0.29) is 11.3 Å². The number of unbranched alkanes of at least 4 members (excludes halogenated alkanes) is 1. The third-order valence-corrected chi connectivity index (χ3v) is 5.01. The summed E-state index contributed by atoms with van der Waals surface area (Å²) in [5.74, 6) is 0.562. The van der Waals surface area contributed by atoms with Crippen LogP contribution in [-0.2, 0) is 9.59 Å². The summed E-state index contributed by atoms with van der Waals surface area (Å²) in [4.78, 5) is 27.2. The van der Waals surface area contributed by atoms with Gasteiger partial charge in [0.05, 0.1) is 12.2 Å². The zero-order chi connectivity index (χ0) is 21.8. The SMILES string of the molecule is CCCCN1C(=O)C(=O)/C(=C(\O)c2cccc(OCC(C)C)c2)C1c1ccc(C)o1. The minimum absolute atomic E-state index is 0.0477. The smallest absolute Gasteiger partial charge is 0.295 e. The standard InChI is InChI=1S/C24H29NO5/c1-5-6-12-25-21(19-11-10-16(4)30-19)20(23(27)24(25)28)22(26)17-8-7-9-18(13-17)29-14-15(2)3/h7-11,13,15,21,26H,5-6,12,14H2,1-4H3/b22-20-. The third kappa shape index (κ3) is 4.42. The summed E-state index contributed by atoms with van der Waals surface area (Å²) in [7, 11) is 0. The third-order valence-electron chi connectivity index (χ3n) is 5.01. The van der Waals surface area contributed by atoms with Gasteiger partial charge in [0, 0.05) is 12.1 Å². The Balaban J connectivity index is 2.05. The lowest BCUT2D eigenvalue weighted by Crippen LogP contribution is -2.30. The lowest BCUT2D eigenvalue weighted by Gasteiger charge is -2.23. The van der Waals surface area contributed by atoms with Gasteiger partial charge in [-0.2, -0.15) is 0 Å².